The van der Waals surface area contributed by atoms with Crippen LogP contribution in [-0.2, 0) is 13.0 Å². The molecule has 2 N–H and O–H groups in total. The second kappa shape index (κ2) is 9.66. The number of aryl methyl sites for hydroxylation is 2. The van der Waals surface area contributed by atoms with E-state index in [9.17, 15) is 9.70 Å². The zero-order valence-electron chi connectivity index (χ0n) is 20.8. The Balaban J connectivity index is 1.78. The van der Waals surface area contributed by atoms with Crippen LogP contribution in [0.4, 0.5) is 5.82 Å². The van der Waals surface area contributed by atoms with Crippen molar-refractivity contribution in [2.75, 3.05) is 5.73 Å². The van der Waals surface area contributed by atoms with Gasteiger partial charge in [-0.15, -0.1) is 4.91 Å². The lowest BCUT2D eigenvalue weighted by molar-refractivity contribution is 0.667. The monoisotopic (exact) mass is 491 g/mol. The first-order chi connectivity index (χ1) is 17.9. The number of nitrogens with zero attached hydrogens (tertiary/aromatic N) is 6. The highest BCUT2D eigenvalue weighted by Gasteiger charge is 2.19. The number of nitrogens with two attached hydrogens (primary N) is 1. The van der Waals surface area contributed by atoms with Gasteiger partial charge in [0.15, 0.2) is 5.65 Å². The van der Waals surface area contributed by atoms with E-state index >= 15 is 0 Å². The van der Waals surface area contributed by atoms with E-state index in [1.165, 1.54) is 6.33 Å². The van der Waals surface area contributed by atoms with Crippen LogP contribution >= 0.6 is 0 Å². The van der Waals surface area contributed by atoms with Gasteiger partial charge in [-0.25, -0.2) is 14.6 Å². The molecule has 0 radical (unpaired) electrons. The fourth-order valence-electron chi connectivity index (χ4n) is 4.58. The van der Waals surface area contributed by atoms with Crippen molar-refractivity contribution in [3.8, 4) is 17.5 Å². The van der Waals surface area contributed by atoms with Crippen molar-refractivity contribution in [2.24, 2.45) is 5.18 Å². The maximum Gasteiger partial charge on any atom is 0.263 e. The van der Waals surface area contributed by atoms with Crippen LogP contribution in [0.2, 0.25) is 0 Å². The number of fused-ring (bicyclic) bond motifs is 2. The van der Waals surface area contributed by atoms with Gasteiger partial charge in [-0.3, -0.25) is 9.36 Å². The zero-order valence-corrected chi connectivity index (χ0v) is 20.8. The molecule has 0 saturated heterocycles. The molecule has 37 heavy (non-hydrogen) atoms. The summed E-state index contributed by atoms with van der Waals surface area (Å²) in [5.74, 6) is 5.89. The summed E-state index contributed by atoms with van der Waals surface area (Å²) in [5, 5.41) is 9.61. The van der Waals surface area contributed by atoms with Crippen LogP contribution in [0.5, 0.6) is 0 Å². The van der Waals surface area contributed by atoms with Crippen LogP contribution in [0.15, 0.2) is 64.8 Å². The van der Waals surface area contributed by atoms with E-state index in [0.29, 0.717) is 22.1 Å². The topological polar surface area (TPSA) is 121 Å². The molecule has 5 rings (SSSR count). The third kappa shape index (κ3) is 4.23. The van der Waals surface area contributed by atoms with Crippen LogP contribution in [-0.4, -0.2) is 30.4 Å². The van der Waals surface area contributed by atoms with Crippen molar-refractivity contribution in [2.45, 2.75) is 39.8 Å². The molecule has 0 fully saturated rings. The Hall–Kier alpha value is -4.84. The first kappa shape index (κ1) is 23.9. The maximum absolute atomic E-state index is 14.0. The largest absolute Gasteiger partial charge is 0.383 e. The number of anilines is 1. The SMILES string of the molecule is CCc1ccccc1-n1c(Cn2nc(C#CC(C)N=O)c3c(N)ncnc32)cc2cccc(C)c2c1=O. The van der Waals surface area contributed by atoms with E-state index in [1.807, 2.05) is 55.5 Å². The summed E-state index contributed by atoms with van der Waals surface area (Å²) in [4.78, 5) is 33.3. The standard InChI is InChI=1S/C28H25N7O2/c1-4-19-9-5-6-11-23(19)35-21(14-20-10-7-8-17(2)24(20)28(35)36)15-34-27-25(26(29)30-16-31-27)22(32-34)13-12-18(3)33-37/h5-11,14,16,18H,4,15H2,1-3H3,(H2,29,30,31). The van der Waals surface area contributed by atoms with Gasteiger partial charge in [0.05, 0.1) is 23.0 Å². The van der Waals surface area contributed by atoms with Crippen molar-refractivity contribution < 1.29 is 0 Å². The third-order valence-corrected chi connectivity index (χ3v) is 6.37. The lowest BCUT2D eigenvalue weighted by Gasteiger charge is -2.18. The van der Waals surface area contributed by atoms with Gasteiger partial charge in [0.25, 0.3) is 5.56 Å². The number of benzene rings is 2. The quantitative estimate of drug-likeness (QED) is 0.291. The van der Waals surface area contributed by atoms with E-state index < -0.39 is 6.04 Å². The Morgan fingerprint density at radius 2 is 1.92 bits per heavy atom. The summed E-state index contributed by atoms with van der Waals surface area (Å²) in [7, 11) is 0. The van der Waals surface area contributed by atoms with E-state index in [-0.39, 0.29) is 17.9 Å². The number of rotatable bonds is 5. The summed E-state index contributed by atoms with van der Waals surface area (Å²) in [5.41, 5.74) is 10.4. The minimum absolute atomic E-state index is 0.0944. The first-order valence-corrected chi connectivity index (χ1v) is 12.0. The van der Waals surface area contributed by atoms with Gasteiger partial charge < -0.3 is 5.73 Å². The number of nitrogen functional groups attached to an aromatic ring is 1. The molecule has 9 nitrogen and oxygen atoms in total. The molecule has 0 aliphatic carbocycles. The van der Waals surface area contributed by atoms with Gasteiger partial charge in [-0.2, -0.15) is 5.10 Å². The number of aromatic nitrogens is 5. The molecular formula is C28H25N7O2. The second-order valence-corrected chi connectivity index (χ2v) is 8.81. The Kier molecular flexibility index (Phi) is 6.24. The molecule has 0 amide bonds. The van der Waals surface area contributed by atoms with Gasteiger partial charge in [0, 0.05) is 5.69 Å². The Labute approximate surface area is 212 Å². The van der Waals surface area contributed by atoms with Gasteiger partial charge >= 0.3 is 0 Å². The van der Waals surface area contributed by atoms with Crippen LogP contribution in [0, 0.1) is 23.7 Å². The van der Waals surface area contributed by atoms with Gasteiger partial charge in [0.1, 0.15) is 23.9 Å². The molecule has 0 saturated carbocycles. The normalized spacial score (nSPS) is 11.9. The highest BCUT2D eigenvalue weighted by atomic mass is 16.3. The molecule has 3 aromatic heterocycles. The summed E-state index contributed by atoms with van der Waals surface area (Å²) >= 11 is 0. The van der Waals surface area contributed by atoms with Crippen molar-refractivity contribution in [3.63, 3.8) is 0 Å². The molecule has 9 heteroatoms. The predicted octanol–water partition coefficient (Wildman–Crippen LogP) is 4.14. The highest BCUT2D eigenvalue weighted by Crippen LogP contribution is 2.25. The van der Waals surface area contributed by atoms with Crippen LogP contribution in [0.1, 0.15) is 36.4 Å². The summed E-state index contributed by atoms with van der Waals surface area (Å²) in [6.45, 7) is 5.84. The predicted molar refractivity (Wildman–Crippen MR) is 145 cm³/mol. The minimum Gasteiger partial charge on any atom is -0.383 e. The minimum atomic E-state index is -0.703. The second-order valence-electron chi connectivity index (χ2n) is 8.81. The molecule has 0 bridgehead atoms. The molecular weight excluding hydrogens is 466 g/mol. The molecule has 1 unspecified atom stereocenters. The first-order valence-electron chi connectivity index (χ1n) is 12.0. The average molecular weight is 492 g/mol. The van der Waals surface area contributed by atoms with Gasteiger partial charge in [0.2, 0.25) is 0 Å². The van der Waals surface area contributed by atoms with Crippen molar-refractivity contribution in [3.05, 3.63) is 92.6 Å². The van der Waals surface area contributed by atoms with Crippen molar-refractivity contribution in [1.82, 2.24) is 24.3 Å². The number of nitroso groups, excluding NO2 is 1. The number of pyridine rings is 1. The van der Waals surface area contributed by atoms with E-state index in [0.717, 1.165) is 34.3 Å². The van der Waals surface area contributed by atoms with E-state index in [4.69, 9.17) is 5.73 Å². The maximum atomic E-state index is 14.0. The number of hydrogen-bond acceptors (Lipinski definition) is 7. The molecule has 1 atom stereocenters. The van der Waals surface area contributed by atoms with E-state index in [2.05, 4.69) is 39.0 Å². The average Bonchev–Trinajstić information content (AvgIpc) is 3.25. The molecule has 184 valence electrons. The summed E-state index contributed by atoms with van der Waals surface area (Å²) < 4.78 is 3.42. The zero-order chi connectivity index (χ0) is 26.1. The lowest BCUT2D eigenvalue weighted by Crippen LogP contribution is -2.25. The Bertz CT molecular complexity index is 1790. The molecule has 5 aromatic rings. The number of hydrogen-bond donors (Lipinski definition) is 1. The molecule has 0 aliphatic rings. The van der Waals surface area contributed by atoms with Crippen molar-refractivity contribution >= 4 is 27.6 Å². The Morgan fingerprint density at radius 3 is 2.70 bits per heavy atom. The summed E-state index contributed by atoms with van der Waals surface area (Å²) in [6, 6.07) is 15.0. The smallest absolute Gasteiger partial charge is 0.263 e. The molecule has 2 aromatic carbocycles. The fourth-order valence-corrected chi connectivity index (χ4v) is 4.58. The van der Waals surface area contributed by atoms with Crippen LogP contribution < -0.4 is 11.3 Å². The lowest BCUT2D eigenvalue weighted by atomic mass is 10.0. The third-order valence-electron chi connectivity index (χ3n) is 6.37. The van der Waals surface area contributed by atoms with E-state index in [1.54, 1.807) is 16.2 Å². The fraction of sp³-hybridized carbons (Fsp3) is 0.214. The Morgan fingerprint density at radius 1 is 1.11 bits per heavy atom. The highest BCUT2D eigenvalue weighted by molar-refractivity contribution is 5.90. The van der Waals surface area contributed by atoms with Crippen LogP contribution in [0.3, 0.4) is 0 Å². The number of para-hydroxylation sites is 1. The van der Waals surface area contributed by atoms with Gasteiger partial charge in [-0.05, 0) is 54.8 Å². The molecule has 0 spiro atoms. The van der Waals surface area contributed by atoms with Crippen LogP contribution in [0.25, 0.3) is 27.5 Å². The summed E-state index contributed by atoms with van der Waals surface area (Å²) in [6.07, 6.45) is 2.14. The van der Waals surface area contributed by atoms with Crippen molar-refractivity contribution in [1.29, 1.82) is 0 Å². The molecule has 3 heterocycles. The van der Waals surface area contributed by atoms with Gasteiger partial charge in [-0.1, -0.05) is 54.4 Å². The molecule has 0 aliphatic heterocycles.